The van der Waals surface area contributed by atoms with Gasteiger partial charge in [-0.2, -0.15) is 0 Å². The lowest BCUT2D eigenvalue weighted by Crippen LogP contribution is -2.31. The minimum atomic E-state index is -0.232. The van der Waals surface area contributed by atoms with Crippen molar-refractivity contribution < 1.29 is 9.13 Å². The van der Waals surface area contributed by atoms with Crippen LogP contribution in [0, 0.1) is 12.7 Å². The van der Waals surface area contributed by atoms with E-state index in [9.17, 15) is 4.39 Å². The average Bonchev–Trinajstić information content (AvgIpc) is 3.10. The quantitative estimate of drug-likeness (QED) is 0.940. The van der Waals surface area contributed by atoms with Crippen LogP contribution in [-0.2, 0) is 4.74 Å². The van der Waals surface area contributed by atoms with Crippen LogP contribution in [-0.4, -0.2) is 28.8 Å². The van der Waals surface area contributed by atoms with E-state index in [4.69, 9.17) is 4.74 Å². The minimum Gasteiger partial charge on any atom is -0.380 e. The van der Waals surface area contributed by atoms with Crippen LogP contribution in [0.1, 0.15) is 30.8 Å². The summed E-state index contributed by atoms with van der Waals surface area (Å²) in [6, 6.07) is 5.83. The maximum absolute atomic E-state index is 14.4. The van der Waals surface area contributed by atoms with Crippen molar-refractivity contribution in [1.29, 1.82) is 0 Å². The number of ether oxygens (including phenoxy) is 1. The SMILES string of the molecule is Cc1nccn1-c1ccc([C@H](C)N[C@H]2CCOC2)cc1F. The average molecular weight is 289 g/mol. The normalized spacial score (nSPS) is 19.9. The molecule has 112 valence electrons. The molecule has 0 amide bonds. The fourth-order valence-electron chi connectivity index (χ4n) is 2.74. The predicted molar refractivity (Wildman–Crippen MR) is 79.0 cm³/mol. The van der Waals surface area contributed by atoms with Crippen LogP contribution in [0.25, 0.3) is 5.69 Å². The summed E-state index contributed by atoms with van der Waals surface area (Å²) in [5.74, 6) is 0.542. The van der Waals surface area contributed by atoms with Crippen LogP contribution >= 0.6 is 0 Å². The smallest absolute Gasteiger partial charge is 0.147 e. The summed E-state index contributed by atoms with van der Waals surface area (Å²) >= 11 is 0. The van der Waals surface area contributed by atoms with Gasteiger partial charge in [0.2, 0.25) is 0 Å². The lowest BCUT2D eigenvalue weighted by molar-refractivity contribution is 0.188. The summed E-state index contributed by atoms with van der Waals surface area (Å²) in [5, 5.41) is 3.48. The molecule has 4 nitrogen and oxygen atoms in total. The van der Waals surface area contributed by atoms with E-state index in [1.807, 2.05) is 19.1 Å². The molecule has 2 atom stereocenters. The fourth-order valence-corrected chi connectivity index (χ4v) is 2.74. The predicted octanol–water partition coefficient (Wildman–Crippen LogP) is 2.76. The van der Waals surface area contributed by atoms with E-state index in [-0.39, 0.29) is 11.9 Å². The lowest BCUT2D eigenvalue weighted by atomic mass is 10.1. The molecule has 2 aromatic rings. The molecule has 0 saturated carbocycles. The number of nitrogens with zero attached hydrogens (tertiary/aromatic N) is 2. The summed E-state index contributed by atoms with van der Waals surface area (Å²) in [4.78, 5) is 4.13. The molecule has 5 heteroatoms. The number of rotatable bonds is 4. The Labute approximate surface area is 124 Å². The van der Waals surface area contributed by atoms with Gasteiger partial charge in [0.25, 0.3) is 0 Å². The third kappa shape index (κ3) is 2.99. The fraction of sp³-hybridized carbons (Fsp3) is 0.438. The molecule has 3 rings (SSSR count). The number of benzene rings is 1. The zero-order valence-corrected chi connectivity index (χ0v) is 12.3. The zero-order chi connectivity index (χ0) is 14.8. The van der Waals surface area contributed by atoms with Crippen LogP contribution in [0.3, 0.4) is 0 Å². The highest BCUT2D eigenvalue weighted by atomic mass is 19.1. The first-order chi connectivity index (χ1) is 10.1. The molecule has 0 spiro atoms. The van der Waals surface area contributed by atoms with Crippen molar-refractivity contribution >= 4 is 0 Å². The number of hydrogen-bond donors (Lipinski definition) is 1. The van der Waals surface area contributed by atoms with Gasteiger partial charge in [-0.15, -0.1) is 0 Å². The minimum absolute atomic E-state index is 0.101. The first-order valence-electron chi connectivity index (χ1n) is 7.28. The van der Waals surface area contributed by atoms with Crippen LogP contribution in [0.15, 0.2) is 30.6 Å². The Morgan fingerprint density at radius 2 is 2.33 bits per heavy atom. The Kier molecular flexibility index (Phi) is 4.03. The highest BCUT2D eigenvalue weighted by Crippen LogP contribution is 2.21. The Morgan fingerprint density at radius 1 is 1.48 bits per heavy atom. The monoisotopic (exact) mass is 289 g/mol. The highest BCUT2D eigenvalue weighted by molar-refractivity contribution is 5.38. The van der Waals surface area contributed by atoms with Gasteiger partial charge in [0, 0.05) is 31.1 Å². The second-order valence-corrected chi connectivity index (χ2v) is 5.50. The first-order valence-corrected chi connectivity index (χ1v) is 7.28. The van der Waals surface area contributed by atoms with Crippen LogP contribution in [0.5, 0.6) is 0 Å². The van der Waals surface area contributed by atoms with Crippen molar-refractivity contribution in [3.05, 3.63) is 47.8 Å². The molecule has 1 aliphatic rings. The molecule has 1 aromatic heterocycles. The van der Waals surface area contributed by atoms with Gasteiger partial charge in [-0.05, 0) is 38.0 Å². The third-order valence-electron chi connectivity index (χ3n) is 3.97. The summed E-state index contributed by atoms with van der Waals surface area (Å²) < 4.78 is 21.5. The van der Waals surface area contributed by atoms with E-state index in [0.29, 0.717) is 11.7 Å². The molecule has 1 aliphatic heterocycles. The van der Waals surface area contributed by atoms with Gasteiger partial charge >= 0.3 is 0 Å². The topological polar surface area (TPSA) is 39.1 Å². The van der Waals surface area contributed by atoms with Crippen LogP contribution in [0.4, 0.5) is 4.39 Å². The molecule has 1 aromatic carbocycles. The molecular weight excluding hydrogens is 269 g/mol. The standard InChI is InChI=1S/C16H20FN3O/c1-11(19-14-5-8-21-10-14)13-3-4-16(15(17)9-13)20-7-6-18-12(20)2/h3-4,6-7,9,11,14,19H,5,8,10H2,1-2H3/t11-,14-/m0/s1. The summed E-state index contributed by atoms with van der Waals surface area (Å²) in [6.45, 7) is 5.45. The van der Waals surface area contributed by atoms with E-state index in [2.05, 4.69) is 17.2 Å². The first kappa shape index (κ1) is 14.2. The second-order valence-electron chi connectivity index (χ2n) is 5.50. The molecule has 0 radical (unpaired) electrons. The number of aryl methyl sites for hydroxylation is 1. The van der Waals surface area contributed by atoms with E-state index in [1.54, 1.807) is 23.0 Å². The molecule has 1 N–H and O–H groups in total. The highest BCUT2D eigenvalue weighted by Gasteiger charge is 2.19. The molecule has 0 unspecified atom stereocenters. The van der Waals surface area contributed by atoms with Gasteiger partial charge in [-0.25, -0.2) is 9.37 Å². The molecule has 21 heavy (non-hydrogen) atoms. The van der Waals surface area contributed by atoms with E-state index >= 15 is 0 Å². The Balaban J connectivity index is 1.79. The molecule has 0 aliphatic carbocycles. The van der Waals surface area contributed by atoms with E-state index in [0.717, 1.165) is 31.0 Å². The molecule has 2 heterocycles. The van der Waals surface area contributed by atoms with E-state index < -0.39 is 0 Å². The van der Waals surface area contributed by atoms with Gasteiger partial charge < -0.3 is 14.6 Å². The number of halogens is 1. The maximum Gasteiger partial charge on any atom is 0.147 e. The van der Waals surface area contributed by atoms with E-state index in [1.165, 1.54) is 0 Å². The molecular formula is C16H20FN3O. The maximum atomic E-state index is 14.4. The summed E-state index contributed by atoms with van der Waals surface area (Å²) in [7, 11) is 0. The van der Waals surface area contributed by atoms with Crippen molar-refractivity contribution in [2.24, 2.45) is 0 Å². The van der Waals surface area contributed by atoms with Crippen molar-refractivity contribution in [3.63, 3.8) is 0 Å². The van der Waals surface area contributed by atoms with Crippen molar-refractivity contribution in [2.45, 2.75) is 32.4 Å². The Hall–Kier alpha value is -1.72. The molecule has 1 fully saturated rings. The van der Waals surface area contributed by atoms with Gasteiger partial charge in [0.05, 0.1) is 12.3 Å². The number of hydrogen-bond acceptors (Lipinski definition) is 3. The van der Waals surface area contributed by atoms with Crippen LogP contribution in [0.2, 0.25) is 0 Å². The van der Waals surface area contributed by atoms with Gasteiger partial charge in [0.15, 0.2) is 0 Å². The number of imidazole rings is 1. The Bertz CT molecular complexity index is 620. The largest absolute Gasteiger partial charge is 0.380 e. The zero-order valence-electron chi connectivity index (χ0n) is 12.3. The van der Waals surface area contributed by atoms with Gasteiger partial charge in [-0.1, -0.05) is 6.07 Å². The number of aromatic nitrogens is 2. The third-order valence-corrected chi connectivity index (χ3v) is 3.97. The lowest BCUT2D eigenvalue weighted by Gasteiger charge is -2.19. The summed E-state index contributed by atoms with van der Waals surface area (Å²) in [5.41, 5.74) is 1.48. The van der Waals surface area contributed by atoms with Gasteiger partial charge in [-0.3, -0.25) is 0 Å². The number of nitrogens with one attached hydrogen (secondary N) is 1. The Morgan fingerprint density at radius 3 is 2.95 bits per heavy atom. The molecule has 1 saturated heterocycles. The van der Waals surface area contributed by atoms with Crippen molar-refractivity contribution in [1.82, 2.24) is 14.9 Å². The summed E-state index contributed by atoms with van der Waals surface area (Å²) in [6.07, 6.45) is 4.46. The van der Waals surface area contributed by atoms with Crippen molar-refractivity contribution in [2.75, 3.05) is 13.2 Å². The van der Waals surface area contributed by atoms with Crippen molar-refractivity contribution in [3.8, 4) is 5.69 Å². The van der Waals surface area contributed by atoms with Crippen LogP contribution < -0.4 is 5.32 Å². The second kappa shape index (κ2) is 5.95. The van der Waals surface area contributed by atoms with Gasteiger partial charge in [0.1, 0.15) is 11.6 Å². The molecule has 0 bridgehead atoms.